The second-order valence-electron chi connectivity index (χ2n) is 7.09. The Hall–Kier alpha value is -1.92. The molecule has 26 heavy (non-hydrogen) atoms. The number of thiophene rings is 1. The number of hydrogen-bond acceptors (Lipinski definition) is 3. The molecule has 3 N–H and O–H groups in total. The number of guanidine groups is 1. The minimum absolute atomic E-state index is 0.0557. The van der Waals surface area contributed by atoms with Crippen molar-refractivity contribution in [2.24, 2.45) is 4.99 Å². The Kier molecular flexibility index (Phi) is 5.63. The predicted octanol–water partition coefficient (Wildman–Crippen LogP) is 3.38. The van der Waals surface area contributed by atoms with Crippen LogP contribution in [0.15, 0.2) is 46.8 Å². The summed E-state index contributed by atoms with van der Waals surface area (Å²) in [7, 11) is 0. The van der Waals surface area contributed by atoms with Crippen molar-refractivity contribution in [3.63, 3.8) is 0 Å². The molecule has 0 saturated heterocycles. The van der Waals surface area contributed by atoms with Crippen LogP contribution in [0.3, 0.4) is 0 Å². The first-order valence-electron chi connectivity index (χ1n) is 9.00. The lowest BCUT2D eigenvalue weighted by atomic mass is 9.96. The molecule has 1 aliphatic rings. The zero-order valence-electron chi connectivity index (χ0n) is 15.3. The number of benzene rings is 1. The lowest BCUT2D eigenvalue weighted by Gasteiger charge is -2.22. The van der Waals surface area contributed by atoms with Crippen molar-refractivity contribution in [3.05, 3.63) is 58.0 Å². The van der Waals surface area contributed by atoms with Gasteiger partial charge in [-0.1, -0.05) is 18.2 Å². The summed E-state index contributed by atoms with van der Waals surface area (Å²) in [5.41, 5.74) is 0.234. The molecule has 0 spiro atoms. The molecule has 1 aliphatic carbocycles. The standard InChI is InChI=1S/C20H26FN3OS/c1-3-22-18(23-13-19(2,25)17-5-4-12-26-17)24-14-20(10-11-20)15-6-8-16(21)9-7-15/h4-9,12,25H,3,10-11,13-14H2,1-2H3,(H2,22,23,24). The molecule has 1 fully saturated rings. The van der Waals surface area contributed by atoms with Crippen LogP contribution in [0.2, 0.25) is 0 Å². The molecule has 1 aromatic heterocycles. The molecule has 140 valence electrons. The molecular weight excluding hydrogens is 349 g/mol. The Labute approximate surface area is 158 Å². The molecule has 0 aliphatic heterocycles. The van der Waals surface area contributed by atoms with Crippen molar-refractivity contribution in [1.82, 2.24) is 10.6 Å². The maximum Gasteiger partial charge on any atom is 0.191 e. The van der Waals surface area contributed by atoms with Crippen molar-refractivity contribution in [3.8, 4) is 0 Å². The van der Waals surface area contributed by atoms with Crippen LogP contribution in [0, 0.1) is 5.82 Å². The van der Waals surface area contributed by atoms with E-state index in [4.69, 9.17) is 0 Å². The maximum absolute atomic E-state index is 13.2. The normalized spacial score (nSPS) is 18.2. The first kappa shape index (κ1) is 18.9. The highest BCUT2D eigenvalue weighted by Crippen LogP contribution is 2.47. The summed E-state index contributed by atoms with van der Waals surface area (Å²) in [6, 6.07) is 10.6. The number of nitrogens with one attached hydrogen (secondary N) is 2. The van der Waals surface area contributed by atoms with Gasteiger partial charge in [0.05, 0.1) is 6.54 Å². The molecule has 1 atom stereocenters. The average Bonchev–Trinajstić information content (AvgIpc) is 3.19. The third kappa shape index (κ3) is 4.43. The van der Waals surface area contributed by atoms with Gasteiger partial charge in [-0.05, 0) is 55.8 Å². The van der Waals surface area contributed by atoms with Gasteiger partial charge in [0, 0.05) is 23.4 Å². The zero-order valence-corrected chi connectivity index (χ0v) is 16.1. The highest BCUT2D eigenvalue weighted by atomic mass is 32.1. The number of nitrogens with zero attached hydrogens (tertiary/aromatic N) is 1. The van der Waals surface area contributed by atoms with Gasteiger partial charge in [-0.2, -0.15) is 0 Å². The van der Waals surface area contributed by atoms with Crippen LogP contribution in [0.1, 0.15) is 37.1 Å². The predicted molar refractivity (Wildman–Crippen MR) is 105 cm³/mol. The Balaban J connectivity index is 1.64. The lowest BCUT2D eigenvalue weighted by Crippen LogP contribution is -2.42. The van der Waals surface area contributed by atoms with Gasteiger partial charge in [0.25, 0.3) is 0 Å². The molecule has 1 saturated carbocycles. The first-order valence-corrected chi connectivity index (χ1v) is 9.88. The van der Waals surface area contributed by atoms with Crippen molar-refractivity contribution in [2.45, 2.75) is 37.7 Å². The van der Waals surface area contributed by atoms with Crippen molar-refractivity contribution in [2.75, 3.05) is 19.6 Å². The molecule has 1 aromatic carbocycles. The number of halogens is 1. The summed E-state index contributed by atoms with van der Waals surface area (Å²) < 4.78 is 13.2. The fourth-order valence-corrected chi connectivity index (χ4v) is 3.79. The molecular formula is C20H26FN3OS. The summed E-state index contributed by atoms with van der Waals surface area (Å²) in [4.78, 5) is 5.48. The minimum Gasteiger partial charge on any atom is -0.383 e. The Morgan fingerprint density at radius 2 is 2.00 bits per heavy atom. The van der Waals surface area contributed by atoms with Gasteiger partial charge in [-0.3, -0.25) is 0 Å². The van der Waals surface area contributed by atoms with Crippen molar-refractivity contribution >= 4 is 17.3 Å². The summed E-state index contributed by atoms with van der Waals surface area (Å²) >= 11 is 1.53. The Bertz CT molecular complexity index is 737. The van der Waals surface area contributed by atoms with Gasteiger partial charge in [-0.25, -0.2) is 9.38 Å². The van der Waals surface area contributed by atoms with Gasteiger partial charge in [-0.15, -0.1) is 11.3 Å². The Morgan fingerprint density at radius 1 is 1.27 bits per heavy atom. The second kappa shape index (κ2) is 7.76. The number of aliphatic imine (C=N–C) groups is 1. The first-order chi connectivity index (χ1) is 12.5. The summed E-state index contributed by atoms with van der Waals surface area (Å²) in [6.45, 7) is 5.57. The fourth-order valence-electron chi connectivity index (χ4n) is 3.01. The monoisotopic (exact) mass is 375 g/mol. The minimum atomic E-state index is -0.981. The highest BCUT2D eigenvalue weighted by molar-refractivity contribution is 7.10. The quantitative estimate of drug-likeness (QED) is 0.514. The van der Waals surface area contributed by atoms with Crippen molar-refractivity contribution in [1.29, 1.82) is 0 Å². The van der Waals surface area contributed by atoms with Crippen LogP contribution in [-0.2, 0) is 11.0 Å². The van der Waals surface area contributed by atoms with Gasteiger partial charge in [0.2, 0.25) is 0 Å². The van der Waals surface area contributed by atoms with E-state index < -0.39 is 5.60 Å². The smallest absolute Gasteiger partial charge is 0.191 e. The van der Waals surface area contributed by atoms with Crippen LogP contribution in [0.5, 0.6) is 0 Å². The van der Waals surface area contributed by atoms with E-state index in [2.05, 4.69) is 15.6 Å². The number of hydrogen-bond donors (Lipinski definition) is 3. The van der Waals surface area contributed by atoms with Gasteiger partial charge in [0.15, 0.2) is 5.96 Å². The van der Waals surface area contributed by atoms with Gasteiger partial charge < -0.3 is 15.7 Å². The van der Waals surface area contributed by atoms with Crippen LogP contribution >= 0.6 is 11.3 Å². The molecule has 0 amide bonds. The third-order valence-corrected chi connectivity index (χ3v) is 5.97. The van der Waals surface area contributed by atoms with E-state index in [1.54, 1.807) is 6.92 Å². The summed E-state index contributed by atoms with van der Waals surface area (Å²) in [5.74, 6) is 0.487. The van der Waals surface area contributed by atoms with E-state index in [9.17, 15) is 9.50 Å². The summed E-state index contributed by atoms with van der Waals surface area (Å²) in [6.07, 6.45) is 2.16. The number of rotatable bonds is 7. The number of aliphatic hydroxyl groups is 1. The van der Waals surface area contributed by atoms with Crippen molar-refractivity contribution < 1.29 is 9.50 Å². The third-order valence-electron chi connectivity index (χ3n) is 4.85. The van der Waals surface area contributed by atoms with E-state index in [1.165, 1.54) is 23.5 Å². The SMILES string of the molecule is CCNC(=NCC(C)(O)c1cccs1)NCC1(c2ccc(F)cc2)CC1. The van der Waals surface area contributed by atoms with E-state index >= 15 is 0 Å². The molecule has 1 unspecified atom stereocenters. The maximum atomic E-state index is 13.2. The fraction of sp³-hybridized carbons (Fsp3) is 0.450. The largest absolute Gasteiger partial charge is 0.383 e. The molecule has 2 aromatic rings. The van der Waals surface area contributed by atoms with E-state index in [0.717, 1.165) is 36.4 Å². The summed E-state index contributed by atoms with van der Waals surface area (Å²) in [5, 5.41) is 19.2. The average molecular weight is 376 g/mol. The van der Waals surface area contributed by atoms with Crippen LogP contribution in [0.25, 0.3) is 0 Å². The van der Waals surface area contributed by atoms with Gasteiger partial charge in [0.1, 0.15) is 11.4 Å². The van der Waals surface area contributed by atoms with Crippen LogP contribution in [-0.4, -0.2) is 30.7 Å². The zero-order chi connectivity index (χ0) is 18.6. The molecule has 0 bridgehead atoms. The topological polar surface area (TPSA) is 56.7 Å². The lowest BCUT2D eigenvalue weighted by molar-refractivity contribution is 0.0711. The molecule has 4 nitrogen and oxygen atoms in total. The van der Waals surface area contributed by atoms with Crippen LogP contribution < -0.4 is 10.6 Å². The molecule has 0 radical (unpaired) electrons. The van der Waals surface area contributed by atoms with Crippen LogP contribution in [0.4, 0.5) is 4.39 Å². The molecule has 1 heterocycles. The molecule has 3 rings (SSSR count). The van der Waals surface area contributed by atoms with E-state index in [-0.39, 0.29) is 17.8 Å². The highest BCUT2D eigenvalue weighted by Gasteiger charge is 2.44. The molecule has 6 heteroatoms. The second-order valence-corrected chi connectivity index (χ2v) is 8.03. The van der Waals surface area contributed by atoms with E-state index in [1.807, 2.05) is 36.6 Å². The Morgan fingerprint density at radius 3 is 2.58 bits per heavy atom. The van der Waals surface area contributed by atoms with E-state index in [0.29, 0.717) is 5.96 Å². The van der Waals surface area contributed by atoms with Gasteiger partial charge >= 0.3 is 0 Å².